The van der Waals surface area contributed by atoms with Gasteiger partial charge in [0.2, 0.25) is 0 Å². The fourth-order valence-electron chi connectivity index (χ4n) is 2.33. The van der Waals surface area contributed by atoms with Crippen LogP contribution in [-0.2, 0) is 4.79 Å². The summed E-state index contributed by atoms with van der Waals surface area (Å²) < 4.78 is 7.11. The van der Waals surface area contributed by atoms with Gasteiger partial charge in [-0.05, 0) is 42.8 Å². The molecule has 0 aliphatic rings. The lowest BCUT2D eigenvalue weighted by Gasteiger charge is -2.15. The Hall–Kier alpha value is -2.86. The first-order chi connectivity index (χ1) is 12.1. The van der Waals surface area contributed by atoms with Crippen molar-refractivity contribution in [2.24, 2.45) is 0 Å². The summed E-state index contributed by atoms with van der Waals surface area (Å²) in [6.45, 7) is 1.85. The first-order valence-corrected chi connectivity index (χ1v) is 8.12. The van der Waals surface area contributed by atoms with E-state index in [0.717, 1.165) is 11.3 Å². The number of nitrogens with one attached hydrogen (secondary N) is 1. The van der Waals surface area contributed by atoms with Crippen molar-refractivity contribution in [3.8, 4) is 11.4 Å². The third-order valence-corrected chi connectivity index (χ3v) is 3.85. The summed E-state index contributed by atoms with van der Waals surface area (Å²) in [7, 11) is 0. The maximum Gasteiger partial charge on any atom is 0.258 e. The second kappa shape index (κ2) is 7.81. The van der Waals surface area contributed by atoms with Crippen molar-refractivity contribution in [1.82, 2.24) is 20.1 Å². The van der Waals surface area contributed by atoms with Crippen LogP contribution < -0.4 is 10.1 Å². The molecule has 1 aromatic heterocycles. The van der Waals surface area contributed by atoms with E-state index in [4.69, 9.17) is 16.3 Å². The van der Waals surface area contributed by atoms with Gasteiger partial charge in [-0.1, -0.05) is 29.8 Å². The molecule has 0 spiro atoms. The highest BCUT2D eigenvalue weighted by Gasteiger charge is 2.10. The molecule has 2 aromatic carbocycles. The van der Waals surface area contributed by atoms with Crippen LogP contribution in [0.1, 0.15) is 18.5 Å². The zero-order chi connectivity index (χ0) is 17.6. The number of hydrogen-bond donors (Lipinski definition) is 1. The molecule has 128 valence electrons. The van der Waals surface area contributed by atoms with E-state index in [0.29, 0.717) is 10.8 Å². The minimum Gasteiger partial charge on any atom is -0.484 e. The molecule has 0 fully saturated rings. The standard InChI is InChI=1S/C18H17ClN4O2/c1-13(14-5-7-16(8-6-14)23-12-20-11-21-23)22-18(24)10-25-17-4-2-3-15(19)9-17/h2-9,11-13H,10H2,1H3,(H,22,24)/t13-/m0/s1. The van der Waals surface area contributed by atoms with Gasteiger partial charge in [0, 0.05) is 5.02 Å². The van der Waals surface area contributed by atoms with Crippen molar-refractivity contribution < 1.29 is 9.53 Å². The number of carbonyl (C=O) groups is 1. The van der Waals surface area contributed by atoms with Crippen molar-refractivity contribution in [3.05, 3.63) is 71.8 Å². The van der Waals surface area contributed by atoms with E-state index in [9.17, 15) is 4.79 Å². The molecule has 3 aromatic rings. The van der Waals surface area contributed by atoms with Gasteiger partial charge in [-0.15, -0.1) is 0 Å². The Morgan fingerprint density at radius 3 is 2.76 bits per heavy atom. The van der Waals surface area contributed by atoms with E-state index in [1.54, 1.807) is 35.3 Å². The molecule has 0 saturated carbocycles. The van der Waals surface area contributed by atoms with Gasteiger partial charge in [-0.2, -0.15) is 5.10 Å². The maximum absolute atomic E-state index is 12.0. The zero-order valence-electron chi connectivity index (χ0n) is 13.6. The summed E-state index contributed by atoms with van der Waals surface area (Å²) in [6, 6.07) is 14.5. The monoisotopic (exact) mass is 356 g/mol. The number of carbonyl (C=O) groups excluding carboxylic acids is 1. The van der Waals surface area contributed by atoms with Crippen LogP contribution in [0.2, 0.25) is 5.02 Å². The van der Waals surface area contributed by atoms with Gasteiger partial charge in [0.1, 0.15) is 18.4 Å². The SMILES string of the molecule is C[C@H](NC(=O)COc1cccc(Cl)c1)c1ccc(-n2cncn2)cc1. The molecule has 6 nitrogen and oxygen atoms in total. The summed E-state index contributed by atoms with van der Waals surface area (Å²) >= 11 is 5.88. The summed E-state index contributed by atoms with van der Waals surface area (Å²) in [5.74, 6) is 0.361. The Morgan fingerprint density at radius 2 is 2.08 bits per heavy atom. The number of nitrogens with zero attached hydrogens (tertiary/aromatic N) is 3. The first-order valence-electron chi connectivity index (χ1n) is 7.74. The second-order valence-electron chi connectivity index (χ2n) is 5.47. The third-order valence-electron chi connectivity index (χ3n) is 3.62. The van der Waals surface area contributed by atoms with Crippen LogP contribution in [-0.4, -0.2) is 27.3 Å². The Kier molecular flexibility index (Phi) is 5.30. The largest absolute Gasteiger partial charge is 0.484 e. The minimum absolute atomic E-state index is 0.0677. The maximum atomic E-state index is 12.0. The summed E-state index contributed by atoms with van der Waals surface area (Å²) in [4.78, 5) is 16.0. The quantitative estimate of drug-likeness (QED) is 0.736. The van der Waals surface area contributed by atoms with Crippen LogP contribution in [0.4, 0.5) is 0 Å². The molecule has 0 radical (unpaired) electrons. The van der Waals surface area contributed by atoms with Gasteiger partial charge in [0.05, 0.1) is 11.7 Å². The Balaban J connectivity index is 1.54. The smallest absolute Gasteiger partial charge is 0.258 e. The lowest BCUT2D eigenvalue weighted by molar-refractivity contribution is -0.123. The van der Waals surface area contributed by atoms with Crippen LogP contribution in [0.15, 0.2) is 61.2 Å². The molecule has 0 saturated heterocycles. The molecule has 1 atom stereocenters. The molecule has 1 heterocycles. The van der Waals surface area contributed by atoms with Crippen molar-refractivity contribution in [3.63, 3.8) is 0 Å². The number of amides is 1. The minimum atomic E-state index is -0.201. The number of benzene rings is 2. The predicted octanol–water partition coefficient (Wildman–Crippen LogP) is 3.18. The number of ether oxygens (including phenoxy) is 1. The summed E-state index contributed by atoms with van der Waals surface area (Å²) in [5.41, 5.74) is 1.89. The molecule has 25 heavy (non-hydrogen) atoms. The van der Waals surface area contributed by atoms with Crippen molar-refractivity contribution in [1.29, 1.82) is 0 Å². The lowest BCUT2D eigenvalue weighted by Crippen LogP contribution is -2.31. The average Bonchev–Trinajstić information content (AvgIpc) is 3.15. The predicted molar refractivity (Wildman–Crippen MR) is 94.9 cm³/mol. The zero-order valence-corrected chi connectivity index (χ0v) is 14.3. The van der Waals surface area contributed by atoms with Crippen molar-refractivity contribution in [2.75, 3.05) is 6.61 Å². The molecule has 7 heteroatoms. The Labute approximate surface area is 150 Å². The molecular formula is C18H17ClN4O2. The molecule has 1 amide bonds. The second-order valence-corrected chi connectivity index (χ2v) is 5.90. The van der Waals surface area contributed by atoms with Gasteiger partial charge in [-0.25, -0.2) is 9.67 Å². The summed E-state index contributed by atoms with van der Waals surface area (Å²) in [5, 5.41) is 7.55. The van der Waals surface area contributed by atoms with Crippen LogP contribution in [0, 0.1) is 0 Å². The van der Waals surface area contributed by atoms with Gasteiger partial charge >= 0.3 is 0 Å². The van der Waals surface area contributed by atoms with Gasteiger partial charge < -0.3 is 10.1 Å². The van der Waals surface area contributed by atoms with Crippen molar-refractivity contribution >= 4 is 17.5 Å². The Bertz CT molecular complexity index is 835. The number of rotatable bonds is 6. The van der Waals surface area contributed by atoms with Crippen LogP contribution >= 0.6 is 11.6 Å². The number of hydrogen-bond acceptors (Lipinski definition) is 4. The van der Waals surface area contributed by atoms with Crippen LogP contribution in [0.3, 0.4) is 0 Å². The fourth-order valence-corrected chi connectivity index (χ4v) is 2.51. The lowest BCUT2D eigenvalue weighted by atomic mass is 10.1. The number of halogens is 1. The van der Waals surface area contributed by atoms with Gasteiger partial charge in [0.25, 0.3) is 5.91 Å². The molecule has 0 unspecified atom stereocenters. The first kappa shape index (κ1) is 17.0. The average molecular weight is 357 g/mol. The van der Waals surface area contributed by atoms with E-state index < -0.39 is 0 Å². The third kappa shape index (κ3) is 4.58. The highest BCUT2D eigenvalue weighted by Crippen LogP contribution is 2.17. The van der Waals surface area contributed by atoms with E-state index in [-0.39, 0.29) is 18.6 Å². The molecular weight excluding hydrogens is 340 g/mol. The fraction of sp³-hybridized carbons (Fsp3) is 0.167. The molecule has 0 aliphatic heterocycles. The van der Waals surface area contributed by atoms with E-state index in [1.165, 1.54) is 6.33 Å². The topological polar surface area (TPSA) is 69.0 Å². The molecule has 3 rings (SSSR count). The van der Waals surface area contributed by atoms with E-state index in [1.807, 2.05) is 31.2 Å². The van der Waals surface area contributed by atoms with Crippen molar-refractivity contribution in [2.45, 2.75) is 13.0 Å². The van der Waals surface area contributed by atoms with Gasteiger partial charge in [-0.3, -0.25) is 4.79 Å². The Morgan fingerprint density at radius 1 is 1.28 bits per heavy atom. The normalized spacial score (nSPS) is 11.8. The number of aromatic nitrogens is 3. The highest BCUT2D eigenvalue weighted by molar-refractivity contribution is 6.30. The highest BCUT2D eigenvalue weighted by atomic mass is 35.5. The van der Waals surface area contributed by atoms with Crippen LogP contribution in [0.5, 0.6) is 5.75 Å². The van der Waals surface area contributed by atoms with E-state index in [2.05, 4.69) is 15.4 Å². The molecule has 0 bridgehead atoms. The van der Waals surface area contributed by atoms with Crippen LogP contribution in [0.25, 0.3) is 5.69 Å². The summed E-state index contributed by atoms with van der Waals surface area (Å²) in [6.07, 6.45) is 3.12. The molecule has 1 N–H and O–H groups in total. The van der Waals surface area contributed by atoms with E-state index >= 15 is 0 Å². The molecule has 0 aliphatic carbocycles. The van der Waals surface area contributed by atoms with Gasteiger partial charge in [0.15, 0.2) is 6.61 Å².